The first kappa shape index (κ1) is 17.4. The average molecular weight is 364 g/mol. The van der Waals surface area contributed by atoms with Gasteiger partial charge in [-0.1, -0.05) is 26.7 Å². The third kappa shape index (κ3) is 4.43. The topological polar surface area (TPSA) is 76.3 Å². The van der Waals surface area contributed by atoms with E-state index in [1.165, 1.54) is 16.6 Å². The minimum absolute atomic E-state index is 0.0474. The number of nitrogens with zero attached hydrogens (tertiary/aromatic N) is 2. The second kappa shape index (κ2) is 7.95. The first-order valence-corrected chi connectivity index (χ1v) is 9.08. The monoisotopic (exact) mass is 363 g/mol. The van der Waals surface area contributed by atoms with Crippen LogP contribution in [0, 0.1) is 0 Å². The highest BCUT2D eigenvalue weighted by atomic mass is 79.9. The van der Waals surface area contributed by atoms with Crippen molar-refractivity contribution in [3.8, 4) is 0 Å². The molecule has 0 unspecified atom stereocenters. The molecule has 0 amide bonds. The number of hydrogen-bond donors (Lipinski definition) is 1. The number of nitrogen functional groups attached to an aromatic ring is 1. The lowest BCUT2D eigenvalue weighted by molar-refractivity contribution is 0.395. The Morgan fingerprint density at radius 2 is 1.80 bits per heavy atom. The molecule has 1 aromatic heterocycles. The molecule has 0 radical (unpaired) electrons. The van der Waals surface area contributed by atoms with Crippen LogP contribution in [0.3, 0.4) is 0 Å². The Kier molecular flexibility index (Phi) is 6.91. The highest BCUT2D eigenvalue weighted by molar-refractivity contribution is 9.10. The van der Waals surface area contributed by atoms with E-state index in [4.69, 9.17) is 5.73 Å². The van der Waals surface area contributed by atoms with E-state index in [0.717, 1.165) is 25.7 Å². The Labute approximate surface area is 129 Å². The van der Waals surface area contributed by atoms with Gasteiger partial charge >= 0.3 is 0 Å². The summed E-state index contributed by atoms with van der Waals surface area (Å²) in [7, 11) is -3.58. The van der Waals surface area contributed by atoms with Crippen molar-refractivity contribution < 1.29 is 8.42 Å². The maximum Gasteiger partial charge on any atom is 0.246 e. The van der Waals surface area contributed by atoms with E-state index in [1.54, 1.807) is 0 Å². The number of nitrogens with two attached hydrogens (primary N) is 1. The molecular formula is C13H22BrN3O2S. The van der Waals surface area contributed by atoms with Crippen LogP contribution in [0.15, 0.2) is 21.6 Å². The number of aromatic nitrogens is 1. The quantitative estimate of drug-likeness (QED) is 0.769. The van der Waals surface area contributed by atoms with E-state index >= 15 is 0 Å². The van der Waals surface area contributed by atoms with Gasteiger partial charge in [-0.3, -0.25) is 0 Å². The van der Waals surface area contributed by atoms with Crippen molar-refractivity contribution in [3.05, 3.63) is 16.7 Å². The Morgan fingerprint density at radius 1 is 1.25 bits per heavy atom. The molecule has 0 bridgehead atoms. The third-order valence-electron chi connectivity index (χ3n) is 2.99. The molecule has 0 fully saturated rings. The minimum Gasteiger partial charge on any atom is -0.383 e. The number of unbranched alkanes of at least 4 members (excludes halogenated alkanes) is 2. The molecule has 0 saturated heterocycles. The van der Waals surface area contributed by atoms with Crippen LogP contribution in [0.1, 0.15) is 39.5 Å². The van der Waals surface area contributed by atoms with E-state index in [1.807, 2.05) is 13.8 Å². The Balaban J connectivity index is 3.10. The highest BCUT2D eigenvalue weighted by Gasteiger charge is 2.26. The van der Waals surface area contributed by atoms with Gasteiger partial charge in [0.1, 0.15) is 10.7 Å². The maximum atomic E-state index is 12.7. The molecule has 0 atom stereocenters. The molecule has 2 N–H and O–H groups in total. The van der Waals surface area contributed by atoms with Gasteiger partial charge in [0.2, 0.25) is 10.0 Å². The fraction of sp³-hybridized carbons (Fsp3) is 0.615. The first-order chi connectivity index (χ1) is 9.43. The first-order valence-electron chi connectivity index (χ1n) is 6.84. The van der Waals surface area contributed by atoms with Crippen LogP contribution in [-0.4, -0.2) is 30.8 Å². The summed E-state index contributed by atoms with van der Waals surface area (Å²) in [5, 5.41) is 0. The van der Waals surface area contributed by atoms with E-state index in [0.29, 0.717) is 17.6 Å². The normalized spacial score (nSPS) is 12.0. The van der Waals surface area contributed by atoms with Gasteiger partial charge in [-0.25, -0.2) is 13.4 Å². The lowest BCUT2D eigenvalue weighted by Crippen LogP contribution is -2.33. The van der Waals surface area contributed by atoms with Gasteiger partial charge in [-0.05, 0) is 34.8 Å². The predicted molar refractivity (Wildman–Crippen MR) is 84.9 cm³/mol. The molecule has 1 rings (SSSR count). The zero-order chi connectivity index (χ0) is 15.2. The van der Waals surface area contributed by atoms with Crippen molar-refractivity contribution in [2.75, 3.05) is 18.8 Å². The van der Waals surface area contributed by atoms with Gasteiger partial charge in [0.25, 0.3) is 0 Å². The van der Waals surface area contributed by atoms with Crippen LogP contribution in [-0.2, 0) is 10.0 Å². The average Bonchev–Trinajstić information content (AvgIpc) is 2.41. The molecule has 0 spiro atoms. The lowest BCUT2D eigenvalue weighted by atomic mass is 10.3. The molecule has 0 aromatic carbocycles. The number of halogens is 1. The molecule has 0 saturated carbocycles. The molecule has 0 aliphatic carbocycles. The van der Waals surface area contributed by atoms with Gasteiger partial charge in [-0.15, -0.1) is 0 Å². The SMILES string of the molecule is CCCCN(CCCC)S(=O)(=O)c1cc(Br)cnc1N. The molecule has 1 heterocycles. The summed E-state index contributed by atoms with van der Waals surface area (Å²) in [6, 6.07) is 1.52. The van der Waals surface area contributed by atoms with Gasteiger partial charge in [0.05, 0.1) is 0 Å². The summed E-state index contributed by atoms with van der Waals surface area (Å²) in [5.41, 5.74) is 5.73. The number of rotatable bonds is 8. The second-order valence-electron chi connectivity index (χ2n) is 4.65. The lowest BCUT2D eigenvalue weighted by Gasteiger charge is -2.22. The third-order valence-corrected chi connectivity index (χ3v) is 5.35. The largest absolute Gasteiger partial charge is 0.383 e. The van der Waals surface area contributed by atoms with Crippen LogP contribution in [0.25, 0.3) is 0 Å². The van der Waals surface area contributed by atoms with Crippen molar-refractivity contribution in [3.63, 3.8) is 0 Å². The second-order valence-corrected chi connectivity index (χ2v) is 7.47. The van der Waals surface area contributed by atoms with Crippen LogP contribution >= 0.6 is 15.9 Å². The predicted octanol–water partition coefficient (Wildman–Crippen LogP) is 3.02. The van der Waals surface area contributed by atoms with Crippen LogP contribution < -0.4 is 5.73 Å². The van der Waals surface area contributed by atoms with E-state index in [2.05, 4.69) is 20.9 Å². The number of hydrogen-bond acceptors (Lipinski definition) is 4. The molecular weight excluding hydrogens is 342 g/mol. The standard InChI is InChI=1S/C13H22BrN3O2S/c1-3-5-7-17(8-6-4-2)20(18,19)12-9-11(14)10-16-13(12)15/h9-10H,3-8H2,1-2H3,(H2,15,16). The molecule has 5 nitrogen and oxygen atoms in total. The Morgan fingerprint density at radius 3 is 2.30 bits per heavy atom. The fourth-order valence-corrected chi connectivity index (χ4v) is 3.89. The summed E-state index contributed by atoms with van der Waals surface area (Å²) < 4.78 is 27.5. The molecule has 20 heavy (non-hydrogen) atoms. The van der Waals surface area contributed by atoms with E-state index in [9.17, 15) is 8.42 Å². The summed E-state index contributed by atoms with van der Waals surface area (Å²) in [6.07, 6.45) is 5.07. The van der Waals surface area contributed by atoms with Crippen LogP contribution in [0.5, 0.6) is 0 Å². The van der Waals surface area contributed by atoms with Gasteiger partial charge in [0.15, 0.2) is 0 Å². The molecule has 1 aromatic rings. The summed E-state index contributed by atoms with van der Waals surface area (Å²) in [6.45, 7) is 5.12. The van der Waals surface area contributed by atoms with Gasteiger partial charge in [0, 0.05) is 23.8 Å². The molecule has 0 aliphatic rings. The zero-order valence-corrected chi connectivity index (χ0v) is 14.4. The van der Waals surface area contributed by atoms with Crippen LogP contribution in [0.4, 0.5) is 5.82 Å². The molecule has 114 valence electrons. The van der Waals surface area contributed by atoms with Crippen molar-refractivity contribution in [2.24, 2.45) is 0 Å². The summed E-state index contributed by atoms with van der Waals surface area (Å²) >= 11 is 3.24. The van der Waals surface area contributed by atoms with Crippen molar-refractivity contribution >= 4 is 31.8 Å². The van der Waals surface area contributed by atoms with E-state index in [-0.39, 0.29) is 10.7 Å². The van der Waals surface area contributed by atoms with Crippen molar-refractivity contribution in [1.29, 1.82) is 0 Å². The van der Waals surface area contributed by atoms with Gasteiger partial charge in [-0.2, -0.15) is 4.31 Å². The van der Waals surface area contributed by atoms with Crippen LogP contribution in [0.2, 0.25) is 0 Å². The minimum atomic E-state index is -3.58. The highest BCUT2D eigenvalue weighted by Crippen LogP contribution is 2.24. The van der Waals surface area contributed by atoms with E-state index < -0.39 is 10.0 Å². The summed E-state index contributed by atoms with van der Waals surface area (Å²) in [4.78, 5) is 4.00. The number of sulfonamides is 1. The smallest absolute Gasteiger partial charge is 0.246 e. The van der Waals surface area contributed by atoms with Crippen molar-refractivity contribution in [1.82, 2.24) is 9.29 Å². The van der Waals surface area contributed by atoms with Crippen molar-refractivity contribution in [2.45, 2.75) is 44.4 Å². The summed E-state index contributed by atoms with van der Waals surface area (Å²) in [5.74, 6) is 0.0474. The Bertz CT molecular complexity index is 526. The maximum absolute atomic E-state index is 12.7. The van der Waals surface area contributed by atoms with Gasteiger partial charge < -0.3 is 5.73 Å². The molecule has 7 heteroatoms. The fourth-order valence-electron chi connectivity index (χ4n) is 1.80. The number of pyridine rings is 1. The Hall–Kier alpha value is -0.660. The number of anilines is 1. The zero-order valence-electron chi connectivity index (χ0n) is 12.0. The molecule has 0 aliphatic heterocycles.